The number of carbonyl (C=O) groups excluding carboxylic acids is 1. The molecule has 1 aromatic carbocycles. The third kappa shape index (κ3) is 3.03. The number of carbonyl (C=O) groups is 1. The number of rotatable bonds is 4. The molecule has 0 aliphatic heterocycles. The van der Waals surface area contributed by atoms with Crippen LogP contribution in [0.15, 0.2) is 24.3 Å². The van der Waals surface area contributed by atoms with Gasteiger partial charge < -0.3 is 10.2 Å². The van der Waals surface area contributed by atoms with E-state index in [0.717, 1.165) is 29.9 Å². The Labute approximate surface area is 139 Å². The molecule has 0 atom stereocenters. The quantitative estimate of drug-likeness (QED) is 0.923. The Morgan fingerprint density at radius 2 is 1.57 bits per heavy atom. The Hall–Kier alpha value is -1.35. The first-order chi connectivity index (χ1) is 11.0. The second-order valence-electron chi connectivity index (χ2n) is 8.59. The lowest BCUT2D eigenvalue weighted by Gasteiger charge is -2.56. The van der Waals surface area contributed by atoms with Gasteiger partial charge in [-0.2, -0.15) is 0 Å². The fourth-order valence-electron chi connectivity index (χ4n) is 5.70. The van der Waals surface area contributed by atoms with Gasteiger partial charge in [0.15, 0.2) is 0 Å². The van der Waals surface area contributed by atoms with Gasteiger partial charge in [-0.25, -0.2) is 0 Å². The van der Waals surface area contributed by atoms with Crippen LogP contribution in [0, 0.1) is 17.8 Å². The molecule has 4 aliphatic carbocycles. The molecular formula is C20H28N2O. The van der Waals surface area contributed by atoms with E-state index in [1.165, 1.54) is 44.1 Å². The number of nitrogens with zero attached hydrogens (tertiary/aromatic N) is 1. The first kappa shape index (κ1) is 15.2. The van der Waals surface area contributed by atoms with Crippen molar-refractivity contribution in [1.29, 1.82) is 0 Å². The largest absolute Gasteiger partial charge is 0.347 e. The summed E-state index contributed by atoms with van der Waals surface area (Å²) < 4.78 is 0. The maximum Gasteiger partial charge on any atom is 0.251 e. The molecule has 124 valence electrons. The number of amides is 1. The fraction of sp³-hybridized carbons (Fsp3) is 0.650. The molecule has 0 unspecified atom stereocenters. The minimum absolute atomic E-state index is 0.105. The topological polar surface area (TPSA) is 32.3 Å². The minimum Gasteiger partial charge on any atom is -0.347 e. The Morgan fingerprint density at radius 1 is 1.04 bits per heavy atom. The van der Waals surface area contributed by atoms with Gasteiger partial charge in [-0.05, 0) is 88.1 Å². The van der Waals surface area contributed by atoms with Crippen LogP contribution in [0.1, 0.15) is 54.4 Å². The summed E-state index contributed by atoms with van der Waals surface area (Å²) in [5, 5.41) is 3.45. The number of hydrogen-bond donors (Lipinski definition) is 1. The van der Waals surface area contributed by atoms with Crippen molar-refractivity contribution >= 4 is 5.91 Å². The van der Waals surface area contributed by atoms with Gasteiger partial charge in [0, 0.05) is 17.6 Å². The molecule has 0 saturated heterocycles. The second-order valence-corrected chi connectivity index (χ2v) is 8.59. The van der Waals surface area contributed by atoms with E-state index in [9.17, 15) is 4.79 Å². The van der Waals surface area contributed by atoms with E-state index in [1.54, 1.807) is 0 Å². The molecule has 4 saturated carbocycles. The van der Waals surface area contributed by atoms with Crippen LogP contribution in [0.5, 0.6) is 0 Å². The lowest BCUT2D eigenvalue weighted by molar-refractivity contribution is -0.0167. The highest BCUT2D eigenvalue weighted by Gasteiger charge is 2.51. The van der Waals surface area contributed by atoms with Gasteiger partial charge in [-0.3, -0.25) is 4.79 Å². The summed E-state index contributed by atoms with van der Waals surface area (Å²) in [7, 11) is 4.13. The maximum atomic E-state index is 12.7. The fourth-order valence-corrected chi connectivity index (χ4v) is 5.70. The molecule has 4 aliphatic rings. The van der Waals surface area contributed by atoms with Crippen molar-refractivity contribution < 1.29 is 4.79 Å². The van der Waals surface area contributed by atoms with E-state index in [0.29, 0.717) is 0 Å². The zero-order chi connectivity index (χ0) is 16.0. The summed E-state index contributed by atoms with van der Waals surface area (Å²) >= 11 is 0. The molecule has 23 heavy (non-hydrogen) atoms. The van der Waals surface area contributed by atoms with Crippen molar-refractivity contribution in [1.82, 2.24) is 10.2 Å². The highest BCUT2D eigenvalue weighted by atomic mass is 16.1. The monoisotopic (exact) mass is 312 g/mol. The Kier molecular flexibility index (Phi) is 3.72. The third-order valence-corrected chi connectivity index (χ3v) is 6.13. The predicted molar refractivity (Wildman–Crippen MR) is 92.2 cm³/mol. The lowest BCUT2D eigenvalue weighted by Crippen LogP contribution is -2.59. The molecule has 1 N–H and O–H groups in total. The van der Waals surface area contributed by atoms with Crippen LogP contribution >= 0.6 is 0 Å². The van der Waals surface area contributed by atoms with Crippen LogP contribution in [0.25, 0.3) is 0 Å². The molecule has 1 aromatic rings. The van der Waals surface area contributed by atoms with Gasteiger partial charge >= 0.3 is 0 Å². The van der Waals surface area contributed by atoms with E-state index in [4.69, 9.17) is 0 Å². The van der Waals surface area contributed by atoms with Crippen molar-refractivity contribution in [3.8, 4) is 0 Å². The number of benzene rings is 1. The van der Waals surface area contributed by atoms with Crippen LogP contribution < -0.4 is 5.32 Å². The van der Waals surface area contributed by atoms with E-state index >= 15 is 0 Å². The lowest BCUT2D eigenvalue weighted by atomic mass is 9.53. The first-order valence-corrected chi connectivity index (χ1v) is 9.07. The highest BCUT2D eigenvalue weighted by molar-refractivity contribution is 5.94. The summed E-state index contributed by atoms with van der Waals surface area (Å²) in [6.45, 7) is 0.914. The van der Waals surface area contributed by atoms with Crippen molar-refractivity contribution in [3.05, 3.63) is 35.4 Å². The van der Waals surface area contributed by atoms with Gasteiger partial charge in [0.2, 0.25) is 0 Å². The van der Waals surface area contributed by atoms with E-state index in [2.05, 4.69) is 36.4 Å². The number of hydrogen-bond acceptors (Lipinski definition) is 2. The second kappa shape index (κ2) is 5.62. The minimum atomic E-state index is 0.105. The zero-order valence-electron chi connectivity index (χ0n) is 14.3. The summed E-state index contributed by atoms with van der Waals surface area (Å²) in [5.74, 6) is 2.72. The molecule has 0 spiro atoms. The van der Waals surface area contributed by atoms with Gasteiger partial charge in [-0.1, -0.05) is 12.1 Å². The molecule has 4 bridgehead atoms. The highest BCUT2D eigenvalue weighted by Crippen LogP contribution is 2.55. The summed E-state index contributed by atoms with van der Waals surface area (Å²) in [6, 6.07) is 8.12. The maximum absolute atomic E-state index is 12.7. The molecule has 4 fully saturated rings. The Balaban J connectivity index is 1.45. The first-order valence-electron chi connectivity index (χ1n) is 9.07. The van der Waals surface area contributed by atoms with Gasteiger partial charge in [0.05, 0.1) is 0 Å². The summed E-state index contributed by atoms with van der Waals surface area (Å²) in [5.41, 5.74) is 2.17. The van der Waals surface area contributed by atoms with Crippen molar-refractivity contribution in [2.24, 2.45) is 17.8 Å². The van der Waals surface area contributed by atoms with Gasteiger partial charge in [-0.15, -0.1) is 0 Å². The SMILES string of the molecule is CN(C)Cc1ccc(C(=O)NC23CC4CC(CC(C4)C2)C3)cc1. The summed E-state index contributed by atoms with van der Waals surface area (Å²) in [6.07, 6.45) is 7.87. The van der Waals surface area contributed by atoms with Crippen molar-refractivity contribution in [2.75, 3.05) is 14.1 Å². The van der Waals surface area contributed by atoms with Crippen molar-refractivity contribution in [3.63, 3.8) is 0 Å². The van der Waals surface area contributed by atoms with Gasteiger partial charge in [0.1, 0.15) is 0 Å². The van der Waals surface area contributed by atoms with Crippen LogP contribution in [-0.4, -0.2) is 30.4 Å². The predicted octanol–water partition coefficient (Wildman–Crippen LogP) is 3.45. The number of nitrogens with one attached hydrogen (secondary N) is 1. The molecule has 5 rings (SSSR count). The molecular weight excluding hydrogens is 284 g/mol. The Morgan fingerprint density at radius 3 is 2.04 bits per heavy atom. The third-order valence-electron chi connectivity index (χ3n) is 6.13. The molecule has 3 nitrogen and oxygen atoms in total. The zero-order valence-corrected chi connectivity index (χ0v) is 14.3. The van der Waals surface area contributed by atoms with E-state index in [1.807, 2.05) is 12.1 Å². The van der Waals surface area contributed by atoms with Crippen LogP contribution in [-0.2, 0) is 6.54 Å². The van der Waals surface area contributed by atoms with Crippen LogP contribution in [0.4, 0.5) is 0 Å². The Bertz CT molecular complexity index is 555. The van der Waals surface area contributed by atoms with E-state index in [-0.39, 0.29) is 11.4 Å². The normalized spacial score (nSPS) is 34.8. The molecule has 3 heteroatoms. The smallest absolute Gasteiger partial charge is 0.251 e. The average Bonchev–Trinajstić information content (AvgIpc) is 2.45. The molecule has 0 aromatic heterocycles. The van der Waals surface area contributed by atoms with Crippen molar-refractivity contribution in [2.45, 2.75) is 50.6 Å². The van der Waals surface area contributed by atoms with Gasteiger partial charge in [0.25, 0.3) is 5.91 Å². The standard InChI is InChI=1S/C20H28N2O/c1-22(2)13-14-3-5-18(6-4-14)19(23)21-20-10-15-7-16(11-20)9-17(8-15)12-20/h3-6,15-17H,7-13H2,1-2H3,(H,21,23). The summed E-state index contributed by atoms with van der Waals surface area (Å²) in [4.78, 5) is 14.9. The average molecular weight is 312 g/mol. The van der Waals surface area contributed by atoms with E-state index < -0.39 is 0 Å². The van der Waals surface area contributed by atoms with Crippen LogP contribution in [0.3, 0.4) is 0 Å². The molecule has 0 radical (unpaired) electrons. The van der Waals surface area contributed by atoms with Crippen LogP contribution in [0.2, 0.25) is 0 Å². The molecule has 1 amide bonds. The molecule has 0 heterocycles.